The zero-order valence-electron chi connectivity index (χ0n) is 19.5. The number of hydrogen-bond acceptors (Lipinski definition) is 7. The van der Waals surface area contributed by atoms with E-state index in [1.807, 2.05) is 36.7 Å². The van der Waals surface area contributed by atoms with Gasteiger partial charge in [-0.05, 0) is 74.6 Å². The van der Waals surface area contributed by atoms with Crippen LogP contribution in [-0.4, -0.2) is 32.8 Å². The van der Waals surface area contributed by atoms with Crippen LogP contribution in [0.5, 0.6) is 0 Å². The Bertz CT molecular complexity index is 884. The molecule has 0 spiro atoms. The molecule has 166 valence electrons. The molecule has 0 amide bonds. The van der Waals surface area contributed by atoms with Gasteiger partial charge in [0.05, 0.1) is 29.9 Å². The lowest BCUT2D eigenvalue weighted by atomic mass is 9.81. The first kappa shape index (κ1) is 23.6. The molecule has 0 aliphatic rings. The fraction of sp³-hybridized carbons (Fsp3) is 0.636. The number of nitrogen functional groups attached to an aromatic ring is 1. The van der Waals surface area contributed by atoms with E-state index in [1.54, 1.807) is 6.92 Å². The summed E-state index contributed by atoms with van der Waals surface area (Å²) in [4.78, 5) is 12.5. The van der Waals surface area contributed by atoms with E-state index in [1.165, 1.54) is 0 Å². The second-order valence-electron chi connectivity index (χ2n) is 9.99. The Morgan fingerprint density at radius 3 is 2.47 bits per heavy atom. The van der Waals surface area contributed by atoms with Crippen LogP contribution >= 0.6 is 0 Å². The lowest BCUT2D eigenvalue weighted by molar-refractivity contribution is -0.144. The maximum Gasteiger partial charge on any atom is 0.308 e. The van der Waals surface area contributed by atoms with Gasteiger partial charge in [0, 0.05) is 0 Å². The minimum absolute atomic E-state index is 0.0557. The van der Waals surface area contributed by atoms with Crippen molar-refractivity contribution in [1.82, 2.24) is 20.2 Å². The standard InChI is InChI=1S/C22H36N6O2/c1-9-30-18(29)13-22(8,24-17-12-15(2)10-11-16(17)23)19-25-26-27-28(19)21(6,7)14-20(3,4)5/h10-12,24H,9,13-14,23H2,1-8H3. The van der Waals surface area contributed by atoms with Crippen LogP contribution < -0.4 is 11.1 Å². The van der Waals surface area contributed by atoms with E-state index in [-0.39, 0.29) is 23.3 Å². The Labute approximate surface area is 179 Å². The summed E-state index contributed by atoms with van der Waals surface area (Å²) in [5, 5.41) is 16.0. The number of anilines is 2. The van der Waals surface area contributed by atoms with E-state index in [0.29, 0.717) is 18.1 Å². The van der Waals surface area contributed by atoms with E-state index in [4.69, 9.17) is 10.5 Å². The summed E-state index contributed by atoms with van der Waals surface area (Å²) >= 11 is 0. The lowest BCUT2D eigenvalue weighted by Gasteiger charge is -2.37. The summed E-state index contributed by atoms with van der Waals surface area (Å²) in [5.74, 6) is 0.229. The molecule has 8 heteroatoms. The number of nitrogens with zero attached hydrogens (tertiary/aromatic N) is 4. The molecule has 0 fully saturated rings. The van der Waals surface area contributed by atoms with Crippen molar-refractivity contribution < 1.29 is 9.53 Å². The van der Waals surface area contributed by atoms with Gasteiger partial charge in [-0.15, -0.1) is 5.10 Å². The minimum Gasteiger partial charge on any atom is -0.466 e. The number of carbonyl (C=O) groups excluding carboxylic acids is 1. The third-order valence-corrected chi connectivity index (χ3v) is 4.92. The Hall–Kier alpha value is -2.64. The normalized spacial score (nSPS) is 14.3. The molecule has 1 aromatic carbocycles. The first-order valence-electron chi connectivity index (χ1n) is 10.4. The minimum atomic E-state index is -0.924. The van der Waals surface area contributed by atoms with Gasteiger partial charge in [-0.3, -0.25) is 4.79 Å². The average molecular weight is 417 g/mol. The Morgan fingerprint density at radius 2 is 1.87 bits per heavy atom. The Balaban J connectivity index is 2.55. The number of hydrogen-bond donors (Lipinski definition) is 2. The lowest BCUT2D eigenvalue weighted by Crippen LogP contribution is -2.43. The van der Waals surface area contributed by atoms with Crippen molar-refractivity contribution in [1.29, 1.82) is 0 Å². The molecule has 1 unspecified atom stereocenters. The molecular weight excluding hydrogens is 380 g/mol. The SMILES string of the molecule is CCOC(=O)CC(C)(Nc1cc(C)ccc1N)c1nnnn1C(C)(C)CC(C)(C)C. The van der Waals surface area contributed by atoms with E-state index in [2.05, 4.69) is 55.5 Å². The number of rotatable bonds is 8. The molecule has 0 bridgehead atoms. The number of nitrogens with two attached hydrogens (primary N) is 1. The van der Waals surface area contributed by atoms with Gasteiger partial charge >= 0.3 is 5.97 Å². The van der Waals surface area contributed by atoms with Crippen LogP contribution in [0.1, 0.15) is 72.7 Å². The van der Waals surface area contributed by atoms with Crippen molar-refractivity contribution in [3.63, 3.8) is 0 Å². The van der Waals surface area contributed by atoms with Gasteiger partial charge in [0.2, 0.25) is 0 Å². The average Bonchev–Trinajstić information content (AvgIpc) is 3.08. The summed E-state index contributed by atoms with van der Waals surface area (Å²) in [7, 11) is 0. The van der Waals surface area contributed by atoms with Crippen LogP contribution in [0.3, 0.4) is 0 Å². The van der Waals surface area contributed by atoms with Crippen LogP contribution in [-0.2, 0) is 20.6 Å². The van der Waals surface area contributed by atoms with Crippen LogP contribution in [0.2, 0.25) is 0 Å². The molecule has 3 N–H and O–H groups in total. The maximum atomic E-state index is 12.5. The van der Waals surface area contributed by atoms with Gasteiger partial charge in [0.25, 0.3) is 0 Å². The molecule has 1 heterocycles. The second-order valence-corrected chi connectivity index (χ2v) is 9.99. The van der Waals surface area contributed by atoms with Gasteiger partial charge in [-0.1, -0.05) is 26.8 Å². The van der Waals surface area contributed by atoms with Crippen molar-refractivity contribution in [3.05, 3.63) is 29.6 Å². The van der Waals surface area contributed by atoms with Gasteiger partial charge in [-0.25, -0.2) is 4.68 Å². The van der Waals surface area contributed by atoms with Gasteiger partial charge < -0.3 is 15.8 Å². The van der Waals surface area contributed by atoms with Crippen molar-refractivity contribution in [2.24, 2.45) is 5.41 Å². The third kappa shape index (κ3) is 5.70. The van der Waals surface area contributed by atoms with Gasteiger partial charge in [0.15, 0.2) is 5.82 Å². The summed E-state index contributed by atoms with van der Waals surface area (Å²) in [6, 6.07) is 5.74. The predicted octanol–water partition coefficient (Wildman–Crippen LogP) is 4.02. The highest BCUT2D eigenvalue weighted by molar-refractivity contribution is 5.74. The molecule has 2 rings (SSSR count). The number of ether oxygens (including phenoxy) is 1. The molecule has 2 aromatic rings. The molecule has 1 aromatic heterocycles. The molecule has 0 radical (unpaired) electrons. The van der Waals surface area contributed by atoms with E-state index < -0.39 is 5.54 Å². The number of benzene rings is 1. The number of aryl methyl sites for hydroxylation is 1. The third-order valence-electron chi connectivity index (χ3n) is 4.92. The maximum absolute atomic E-state index is 12.5. The molecule has 0 aliphatic carbocycles. The number of tetrazole rings is 1. The highest BCUT2D eigenvalue weighted by Gasteiger charge is 2.40. The number of esters is 1. The largest absolute Gasteiger partial charge is 0.466 e. The summed E-state index contributed by atoms with van der Waals surface area (Å²) < 4.78 is 7.06. The summed E-state index contributed by atoms with van der Waals surface area (Å²) in [6.07, 6.45) is 0.903. The first-order chi connectivity index (χ1) is 13.8. The molecule has 0 aliphatic heterocycles. The van der Waals surface area contributed by atoms with Crippen LogP contribution in [0.4, 0.5) is 11.4 Å². The van der Waals surface area contributed by atoms with Crippen molar-refractivity contribution >= 4 is 17.3 Å². The fourth-order valence-electron chi connectivity index (χ4n) is 4.07. The summed E-state index contributed by atoms with van der Waals surface area (Å²) in [5.41, 5.74) is 7.35. The fourth-order valence-corrected chi connectivity index (χ4v) is 4.07. The Morgan fingerprint density at radius 1 is 1.20 bits per heavy atom. The zero-order valence-corrected chi connectivity index (χ0v) is 19.5. The molecule has 0 saturated heterocycles. The second kappa shape index (κ2) is 8.62. The zero-order chi connectivity index (χ0) is 22.7. The van der Waals surface area contributed by atoms with E-state index in [9.17, 15) is 4.79 Å². The molecule has 30 heavy (non-hydrogen) atoms. The molecule has 1 atom stereocenters. The van der Waals surface area contributed by atoms with E-state index in [0.717, 1.165) is 17.7 Å². The predicted molar refractivity (Wildman–Crippen MR) is 119 cm³/mol. The smallest absolute Gasteiger partial charge is 0.308 e. The number of carbonyl (C=O) groups is 1. The topological polar surface area (TPSA) is 108 Å². The monoisotopic (exact) mass is 416 g/mol. The van der Waals surface area contributed by atoms with E-state index >= 15 is 0 Å². The van der Waals surface area contributed by atoms with Crippen LogP contribution in [0.25, 0.3) is 0 Å². The quantitative estimate of drug-likeness (QED) is 0.494. The van der Waals surface area contributed by atoms with Gasteiger partial charge in [0.1, 0.15) is 5.54 Å². The van der Waals surface area contributed by atoms with Crippen molar-refractivity contribution in [2.75, 3.05) is 17.7 Å². The van der Waals surface area contributed by atoms with Crippen LogP contribution in [0, 0.1) is 12.3 Å². The highest BCUT2D eigenvalue weighted by Crippen LogP contribution is 2.37. The van der Waals surface area contributed by atoms with Gasteiger partial charge in [-0.2, -0.15) is 0 Å². The summed E-state index contributed by atoms with van der Waals surface area (Å²) in [6.45, 7) is 16.7. The molecule has 0 saturated carbocycles. The number of nitrogens with one attached hydrogen (secondary N) is 1. The Kier molecular flexibility index (Phi) is 6.79. The first-order valence-corrected chi connectivity index (χ1v) is 10.4. The van der Waals surface area contributed by atoms with Crippen molar-refractivity contribution in [3.8, 4) is 0 Å². The molecular formula is C22H36N6O2. The highest BCUT2D eigenvalue weighted by atomic mass is 16.5. The van der Waals surface area contributed by atoms with Crippen molar-refractivity contribution in [2.45, 2.75) is 79.3 Å². The number of aromatic nitrogens is 4. The van der Waals surface area contributed by atoms with Crippen LogP contribution in [0.15, 0.2) is 18.2 Å². The molecule has 8 nitrogen and oxygen atoms in total.